The van der Waals surface area contributed by atoms with E-state index in [-0.39, 0.29) is 11.9 Å². The Morgan fingerprint density at radius 2 is 2.05 bits per heavy atom. The fourth-order valence-electron chi connectivity index (χ4n) is 1.92. The first-order chi connectivity index (χ1) is 10.2. The Hall–Kier alpha value is -2.27. The van der Waals surface area contributed by atoms with Gasteiger partial charge in [-0.3, -0.25) is 4.79 Å². The molecule has 0 aliphatic heterocycles. The van der Waals surface area contributed by atoms with Gasteiger partial charge in [0.1, 0.15) is 11.5 Å². The second-order valence-corrected chi connectivity index (χ2v) is 4.84. The molecule has 5 nitrogen and oxygen atoms in total. The normalized spacial score (nSPS) is 11.9. The van der Waals surface area contributed by atoms with Gasteiger partial charge in [-0.05, 0) is 43.3 Å². The predicted octanol–water partition coefficient (Wildman–Crippen LogP) is 2.80. The molecule has 1 amide bonds. The number of benzene rings is 1. The second kappa shape index (κ2) is 7.50. The summed E-state index contributed by atoms with van der Waals surface area (Å²) in [5.74, 6) is 1.60. The number of hydrogen-bond donors (Lipinski definition) is 2. The molecule has 1 atom stereocenters. The number of hydrogen-bond acceptors (Lipinski definition) is 4. The maximum absolute atomic E-state index is 11.9. The van der Waals surface area contributed by atoms with Crippen LogP contribution >= 0.6 is 0 Å². The molecule has 21 heavy (non-hydrogen) atoms. The van der Waals surface area contributed by atoms with Crippen molar-refractivity contribution in [2.45, 2.75) is 25.9 Å². The minimum Gasteiger partial charge on any atom is -0.497 e. The van der Waals surface area contributed by atoms with Gasteiger partial charge >= 0.3 is 0 Å². The van der Waals surface area contributed by atoms with Crippen molar-refractivity contribution in [2.24, 2.45) is 0 Å². The lowest BCUT2D eigenvalue weighted by Crippen LogP contribution is -2.30. The highest BCUT2D eigenvalue weighted by Crippen LogP contribution is 2.15. The van der Waals surface area contributed by atoms with E-state index in [9.17, 15) is 4.79 Å². The highest BCUT2D eigenvalue weighted by molar-refractivity contribution is 5.91. The quantitative estimate of drug-likeness (QED) is 0.822. The molecule has 0 aliphatic rings. The summed E-state index contributed by atoms with van der Waals surface area (Å²) in [6.07, 6.45) is 2.03. The van der Waals surface area contributed by atoms with Crippen molar-refractivity contribution < 1.29 is 13.9 Å². The number of amides is 1. The fourth-order valence-corrected chi connectivity index (χ4v) is 1.92. The summed E-state index contributed by atoms with van der Waals surface area (Å²) >= 11 is 0. The van der Waals surface area contributed by atoms with Crippen molar-refractivity contribution >= 4 is 11.6 Å². The van der Waals surface area contributed by atoms with Crippen LogP contribution in [0.4, 0.5) is 5.69 Å². The molecular weight excluding hydrogens is 268 g/mol. The van der Waals surface area contributed by atoms with Crippen LogP contribution in [0.3, 0.4) is 0 Å². The monoisotopic (exact) mass is 288 g/mol. The zero-order chi connectivity index (χ0) is 15.1. The van der Waals surface area contributed by atoms with Gasteiger partial charge in [0, 0.05) is 18.2 Å². The average molecular weight is 288 g/mol. The number of anilines is 1. The largest absolute Gasteiger partial charge is 0.497 e. The van der Waals surface area contributed by atoms with Crippen molar-refractivity contribution in [1.82, 2.24) is 5.32 Å². The minimum atomic E-state index is -0.0281. The zero-order valence-corrected chi connectivity index (χ0v) is 12.3. The SMILES string of the molecule is COc1ccc(NC(=O)CC(C)NCc2ccco2)cc1. The first-order valence-corrected chi connectivity index (χ1v) is 6.87. The Bertz CT molecular complexity index is 549. The summed E-state index contributed by atoms with van der Waals surface area (Å²) < 4.78 is 10.3. The number of carbonyl (C=O) groups is 1. The number of furan rings is 1. The van der Waals surface area contributed by atoms with Crippen LogP contribution in [0.5, 0.6) is 5.75 Å². The molecule has 1 aromatic carbocycles. The molecule has 5 heteroatoms. The van der Waals surface area contributed by atoms with Crippen molar-refractivity contribution in [3.63, 3.8) is 0 Å². The smallest absolute Gasteiger partial charge is 0.225 e. The Morgan fingerprint density at radius 1 is 1.29 bits per heavy atom. The number of ether oxygens (including phenoxy) is 1. The van der Waals surface area contributed by atoms with E-state index in [2.05, 4.69) is 10.6 Å². The van der Waals surface area contributed by atoms with Gasteiger partial charge in [-0.2, -0.15) is 0 Å². The average Bonchev–Trinajstić information content (AvgIpc) is 2.99. The van der Waals surface area contributed by atoms with Gasteiger partial charge < -0.3 is 19.8 Å². The van der Waals surface area contributed by atoms with Crippen LogP contribution in [-0.2, 0) is 11.3 Å². The summed E-state index contributed by atoms with van der Waals surface area (Å²) in [6.45, 7) is 2.58. The van der Waals surface area contributed by atoms with Crippen molar-refractivity contribution in [2.75, 3.05) is 12.4 Å². The van der Waals surface area contributed by atoms with E-state index < -0.39 is 0 Å². The molecule has 0 aliphatic carbocycles. The van der Waals surface area contributed by atoms with Gasteiger partial charge in [0.15, 0.2) is 0 Å². The second-order valence-electron chi connectivity index (χ2n) is 4.84. The maximum Gasteiger partial charge on any atom is 0.225 e. The number of methoxy groups -OCH3 is 1. The molecule has 1 unspecified atom stereocenters. The lowest BCUT2D eigenvalue weighted by Gasteiger charge is -2.13. The van der Waals surface area contributed by atoms with Crippen LogP contribution in [0.1, 0.15) is 19.1 Å². The van der Waals surface area contributed by atoms with Crippen molar-refractivity contribution in [3.8, 4) is 5.75 Å². The maximum atomic E-state index is 11.9. The van der Waals surface area contributed by atoms with E-state index in [1.165, 1.54) is 0 Å². The molecule has 0 saturated carbocycles. The van der Waals surface area contributed by atoms with Crippen LogP contribution in [0.2, 0.25) is 0 Å². The standard InChI is InChI=1S/C16H20N2O3/c1-12(17-11-15-4-3-9-21-15)10-16(19)18-13-5-7-14(20-2)8-6-13/h3-9,12,17H,10-11H2,1-2H3,(H,18,19). The Balaban J connectivity index is 1.75. The fraction of sp³-hybridized carbons (Fsp3) is 0.312. The summed E-state index contributed by atoms with van der Waals surface area (Å²) in [7, 11) is 1.61. The third kappa shape index (κ3) is 4.96. The van der Waals surface area contributed by atoms with E-state index in [1.807, 2.05) is 43.3 Å². The number of carbonyl (C=O) groups excluding carboxylic acids is 1. The highest BCUT2D eigenvalue weighted by atomic mass is 16.5. The van der Waals surface area contributed by atoms with Crippen LogP contribution in [-0.4, -0.2) is 19.1 Å². The van der Waals surface area contributed by atoms with Gasteiger partial charge in [0.25, 0.3) is 0 Å². The number of nitrogens with one attached hydrogen (secondary N) is 2. The molecule has 1 heterocycles. The Labute approximate surface area is 124 Å². The zero-order valence-electron chi connectivity index (χ0n) is 12.3. The van der Waals surface area contributed by atoms with Crippen LogP contribution < -0.4 is 15.4 Å². The Kier molecular flexibility index (Phi) is 5.40. The summed E-state index contributed by atoms with van der Waals surface area (Å²) in [6, 6.07) is 11.1. The van der Waals surface area contributed by atoms with Crippen LogP contribution in [0.15, 0.2) is 47.1 Å². The van der Waals surface area contributed by atoms with Crippen LogP contribution in [0.25, 0.3) is 0 Å². The van der Waals surface area contributed by atoms with E-state index in [0.717, 1.165) is 17.2 Å². The molecular formula is C16H20N2O3. The molecule has 2 aromatic rings. The van der Waals surface area contributed by atoms with Gasteiger partial charge in [-0.25, -0.2) is 0 Å². The van der Waals surface area contributed by atoms with E-state index in [1.54, 1.807) is 13.4 Å². The first-order valence-electron chi connectivity index (χ1n) is 6.87. The molecule has 0 radical (unpaired) electrons. The summed E-state index contributed by atoms with van der Waals surface area (Å²) in [5, 5.41) is 6.10. The van der Waals surface area contributed by atoms with Crippen molar-refractivity contribution in [1.29, 1.82) is 0 Å². The highest BCUT2D eigenvalue weighted by Gasteiger charge is 2.09. The molecule has 0 saturated heterocycles. The lowest BCUT2D eigenvalue weighted by atomic mass is 10.2. The van der Waals surface area contributed by atoms with Gasteiger partial charge in [-0.1, -0.05) is 0 Å². The summed E-state index contributed by atoms with van der Waals surface area (Å²) in [4.78, 5) is 11.9. The minimum absolute atomic E-state index is 0.0281. The van der Waals surface area contributed by atoms with E-state index in [4.69, 9.17) is 9.15 Å². The predicted molar refractivity (Wildman–Crippen MR) is 81.3 cm³/mol. The van der Waals surface area contributed by atoms with Gasteiger partial charge in [0.05, 0.1) is 19.9 Å². The first kappa shape index (κ1) is 15.1. The van der Waals surface area contributed by atoms with Crippen molar-refractivity contribution in [3.05, 3.63) is 48.4 Å². The molecule has 2 N–H and O–H groups in total. The molecule has 0 spiro atoms. The topological polar surface area (TPSA) is 63.5 Å². The molecule has 1 aromatic heterocycles. The van der Waals surface area contributed by atoms with Crippen LogP contribution in [0, 0.1) is 0 Å². The third-order valence-electron chi connectivity index (χ3n) is 3.07. The lowest BCUT2D eigenvalue weighted by molar-refractivity contribution is -0.116. The molecule has 0 bridgehead atoms. The van der Waals surface area contributed by atoms with Gasteiger partial charge in [-0.15, -0.1) is 0 Å². The van der Waals surface area contributed by atoms with E-state index in [0.29, 0.717) is 13.0 Å². The molecule has 0 fully saturated rings. The molecule has 112 valence electrons. The number of rotatable bonds is 7. The summed E-state index contributed by atoms with van der Waals surface area (Å²) in [5.41, 5.74) is 0.763. The van der Waals surface area contributed by atoms with Gasteiger partial charge in [0.2, 0.25) is 5.91 Å². The Morgan fingerprint density at radius 3 is 2.67 bits per heavy atom. The third-order valence-corrected chi connectivity index (χ3v) is 3.07. The van der Waals surface area contributed by atoms with E-state index >= 15 is 0 Å². The molecule has 2 rings (SSSR count).